The fourth-order valence-electron chi connectivity index (χ4n) is 1.99. The molecule has 1 aromatic rings. The quantitative estimate of drug-likeness (QED) is 0.353. The molecular formula is C14H14Cl2N2O6. The highest BCUT2D eigenvalue weighted by Crippen LogP contribution is 2.64. The molecule has 8 nitrogen and oxygen atoms in total. The van der Waals surface area contributed by atoms with Crippen molar-refractivity contribution in [2.24, 2.45) is 5.41 Å². The molecule has 1 N–H and O–H groups in total. The van der Waals surface area contributed by atoms with Crippen LogP contribution in [0, 0.1) is 15.5 Å². The molecule has 1 amide bonds. The van der Waals surface area contributed by atoms with E-state index in [1.165, 1.54) is 25.3 Å². The number of alkyl halides is 2. The van der Waals surface area contributed by atoms with Crippen molar-refractivity contribution in [3.05, 3.63) is 28.3 Å². The van der Waals surface area contributed by atoms with E-state index in [9.17, 15) is 19.7 Å². The lowest BCUT2D eigenvalue weighted by atomic mass is 10.1. The molecule has 130 valence electrons. The van der Waals surface area contributed by atoms with Crippen LogP contribution in [-0.2, 0) is 14.3 Å². The Kier molecular flexibility index (Phi) is 4.91. The first-order chi connectivity index (χ1) is 11.1. The number of benzene rings is 1. The van der Waals surface area contributed by atoms with Gasteiger partial charge in [-0.05, 0) is 13.0 Å². The average Bonchev–Trinajstić information content (AvgIpc) is 3.04. The molecule has 24 heavy (non-hydrogen) atoms. The van der Waals surface area contributed by atoms with Crippen molar-refractivity contribution in [3.8, 4) is 5.75 Å². The third-order valence-electron chi connectivity index (χ3n) is 3.71. The Morgan fingerprint density at radius 3 is 2.54 bits per heavy atom. The topological polar surface area (TPSA) is 108 Å². The number of nitrogens with zero attached hydrogens (tertiary/aromatic N) is 1. The predicted octanol–water partition coefficient (Wildman–Crippen LogP) is 2.67. The zero-order valence-electron chi connectivity index (χ0n) is 12.8. The number of hydrogen-bond donors (Lipinski definition) is 1. The van der Waals surface area contributed by atoms with Gasteiger partial charge in [-0.25, -0.2) is 0 Å². The Labute approximate surface area is 147 Å². The van der Waals surface area contributed by atoms with E-state index in [0.29, 0.717) is 0 Å². The number of nitro groups is 1. The Hall–Kier alpha value is -2.06. The second kappa shape index (κ2) is 6.45. The number of amides is 1. The Balaban J connectivity index is 1.95. The molecule has 1 aromatic carbocycles. The molecule has 10 heteroatoms. The molecule has 0 radical (unpaired) electrons. The average molecular weight is 377 g/mol. The van der Waals surface area contributed by atoms with Crippen molar-refractivity contribution in [2.75, 3.05) is 19.0 Å². The fourth-order valence-corrected chi connectivity index (χ4v) is 2.68. The van der Waals surface area contributed by atoms with Crippen LogP contribution < -0.4 is 10.1 Å². The number of anilines is 1. The van der Waals surface area contributed by atoms with Gasteiger partial charge in [-0.1, -0.05) is 0 Å². The first-order valence-electron chi connectivity index (χ1n) is 6.78. The number of rotatable bonds is 6. The van der Waals surface area contributed by atoms with Crippen LogP contribution in [0.1, 0.15) is 13.3 Å². The molecule has 0 heterocycles. The SMILES string of the molecule is COc1cc([N+](=O)[O-])ccc1NC(=O)COC(=O)[C@@]1(C)CC1(Cl)Cl. The standard InChI is InChI=1S/C14H14Cl2N2O6/c1-13(7-14(13,15)16)12(20)24-6-11(19)17-9-4-3-8(18(21)22)5-10(9)23-2/h3-5H,6-7H2,1-2H3,(H,17,19)/t13-/m1/s1. The molecule has 0 bridgehead atoms. The van der Waals surface area contributed by atoms with Gasteiger partial charge < -0.3 is 14.8 Å². The highest BCUT2D eigenvalue weighted by molar-refractivity contribution is 6.53. The van der Waals surface area contributed by atoms with Crippen molar-refractivity contribution in [2.45, 2.75) is 17.7 Å². The van der Waals surface area contributed by atoms with Crippen LogP contribution in [0.3, 0.4) is 0 Å². The van der Waals surface area contributed by atoms with Crippen LogP contribution in [-0.4, -0.2) is 34.8 Å². The van der Waals surface area contributed by atoms with Gasteiger partial charge in [-0.3, -0.25) is 19.7 Å². The van der Waals surface area contributed by atoms with E-state index in [4.69, 9.17) is 32.7 Å². The third kappa shape index (κ3) is 3.54. The van der Waals surface area contributed by atoms with Gasteiger partial charge in [0.15, 0.2) is 6.61 Å². The van der Waals surface area contributed by atoms with E-state index in [1.54, 1.807) is 6.92 Å². The van der Waals surface area contributed by atoms with Crippen molar-refractivity contribution in [1.82, 2.24) is 0 Å². The summed E-state index contributed by atoms with van der Waals surface area (Å²) in [7, 11) is 1.31. The first kappa shape index (κ1) is 18.3. The molecule has 1 fully saturated rings. The van der Waals surface area contributed by atoms with E-state index in [1.807, 2.05) is 0 Å². The summed E-state index contributed by atoms with van der Waals surface area (Å²) in [5, 5.41) is 13.2. The summed E-state index contributed by atoms with van der Waals surface area (Å²) in [4.78, 5) is 33.9. The molecule has 0 spiro atoms. The van der Waals surface area contributed by atoms with E-state index in [0.717, 1.165) is 0 Å². The van der Waals surface area contributed by atoms with Gasteiger partial charge in [0.2, 0.25) is 0 Å². The van der Waals surface area contributed by atoms with Gasteiger partial charge in [-0.2, -0.15) is 0 Å². The van der Waals surface area contributed by atoms with Gasteiger partial charge in [-0.15, -0.1) is 23.2 Å². The van der Waals surface area contributed by atoms with E-state index in [2.05, 4.69) is 5.32 Å². The van der Waals surface area contributed by atoms with Gasteiger partial charge in [0.05, 0.1) is 23.8 Å². The number of nitrogens with one attached hydrogen (secondary N) is 1. The van der Waals surface area contributed by atoms with E-state index >= 15 is 0 Å². The van der Waals surface area contributed by atoms with Crippen LogP contribution in [0.25, 0.3) is 0 Å². The van der Waals surface area contributed by atoms with Crippen LogP contribution in [0.5, 0.6) is 5.75 Å². The number of methoxy groups -OCH3 is 1. The number of ether oxygens (including phenoxy) is 2. The second-order valence-electron chi connectivity index (χ2n) is 5.48. The molecule has 1 aliphatic rings. The summed E-state index contributed by atoms with van der Waals surface area (Å²) < 4.78 is 8.72. The zero-order chi connectivity index (χ0) is 18.1. The number of nitro benzene ring substituents is 1. The van der Waals surface area contributed by atoms with Crippen molar-refractivity contribution in [1.29, 1.82) is 0 Å². The number of halogens is 2. The van der Waals surface area contributed by atoms with Crippen LogP contribution in [0.2, 0.25) is 0 Å². The minimum Gasteiger partial charge on any atom is -0.494 e. The van der Waals surface area contributed by atoms with E-state index in [-0.39, 0.29) is 23.5 Å². The summed E-state index contributed by atoms with van der Waals surface area (Å²) in [5.41, 5.74) is -0.995. The Morgan fingerprint density at radius 2 is 2.04 bits per heavy atom. The molecule has 1 saturated carbocycles. The van der Waals surface area contributed by atoms with E-state index < -0.39 is 33.2 Å². The minimum atomic E-state index is -1.18. The maximum absolute atomic E-state index is 11.9. The number of carbonyl (C=O) groups excluding carboxylic acids is 2. The van der Waals surface area contributed by atoms with Gasteiger partial charge in [0.25, 0.3) is 11.6 Å². The highest BCUT2D eigenvalue weighted by Gasteiger charge is 2.69. The van der Waals surface area contributed by atoms with Crippen LogP contribution >= 0.6 is 23.2 Å². The lowest BCUT2D eigenvalue weighted by molar-refractivity contribution is -0.384. The van der Waals surface area contributed by atoms with Crippen LogP contribution in [0.4, 0.5) is 11.4 Å². The number of esters is 1. The maximum atomic E-state index is 11.9. The molecule has 0 unspecified atom stereocenters. The number of carbonyl (C=O) groups is 2. The predicted molar refractivity (Wildman–Crippen MR) is 86.4 cm³/mol. The summed E-state index contributed by atoms with van der Waals surface area (Å²) in [6.45, 7) is 1.00. The molecule has 2 rings (SSSR count). The molecule has 0 aromatic heterocycles. The molecule has 1 aliphatic carbocycles. The maximum Gasteiger partial charge on any atom is 0.315 e. The Bertz CT molecular complexity index is 709. The Morgan fingerprint density at radius 1 is 1.42 bits per heavy atom. The second-order valence-corrected chi connectivity index (χ2v) is 6.96. The summed E-state index contributed by atoms with van der Waals surface area (Å²) in [6.07, 6.45) is 0.250. The fraction of sp³-hybridized carbons (Fsp3) is 0.429. The molecule has 0 aliphatic heterocycles. The summed E-state index contributed by atoms with van der Waals surface area (Å²) >= 11 is 11.7. The third-order valence-corrected chi connectivity index (χ3v) is 4.81. The summed E-state index contributed by atoms with van der Waals surface area (Å²) in [6, 6.07) is 3.70. The first-order valence-corrected chi connectivity index (χ1v) is 7.53. The number of non-ortho nitro benzene ring substituents is 1. The number of hydrogen-bond acceptors (Lipinski definition) is 6. The molecule has 0 saturated heterocycles. The van der Waals surface area contributed by atoms with Gasteiger partial charge in [0.1, 0.15) is 15.5 Å². The highest BCUT2D eigenvalue weighted by atomic mass is 35.5. The summed E-state index contributed by atoms with van der Waals surface area (Å²) in [5.74, 6) is -1.19. The normalized spacial score (nSPS) is 20.8. The monoisotopic (exact) mass is 376 g/mol. The van der Waals surface area contributed by atoms with Gasteiger partial charge >= 0.3 is 5.97 Å². The smallest absolute Gasteiger partial charge is 0.315 e. The lowest BCUT2D eigenvalue weighted by Crippen LogP contribution is -2.26. The molecule has 1 atom stereocenters. The van der Waals surface area contributed by atoms with Crippen molar-refractivity contribution >= 4 is 46.5 Å². The van der Waals surface area contributed by atoms with Gasteiger partial charge in [0, 0.05) is 12.5 Å². The lowest BCUT2D eigenvalue weighted by Gasteiger charge is -2.13. The minimum absolute atomic E-state index is 0.110. The van der Waals surface area contributed by atoms with Crippen molar-refractivity contribution in [3.63, 3.8) is 0 Å². The largest absolute Gasteiger partial charge is 0.494 e. The van der Waals surface area contributed by atoms with Crippen molar-refractivity contribution < 1.29 is 24.0 Å². The van der Waals surface area contributed by atoms with Crippen LogP contribution in [0.15, 0.2) is 18.2 Å². The molecular weight excluding hydrogens is 363 g/mol. The zero-order valence-corrected chi connectivity index (χ0v) is 14.3.